The highest BCUT2D eigenvalue weighted by Crippen LogP contribution is 2.29. The van der Waals surface area contributed by atoms with Gasteiger partial charge in [-0.05, 0) is 18.6 Å². The fourth-order valence-corrected chi connectivity index (χ4v) is 2.83. The Morgan fingerprint density at radius 3 is 2.46 bits per heavy atom. The van der Waals surface area contributed by atoms with Crippen molar-refractivity contribution in [2.45, 2.75) is 25.7 Å². The molecule has 1 heterocycles. The smallest absolute Gasteiger partial charge is 0.416 e. The molecule has 0 aliphatic carbocycles. The van der Waals surface area contributed by atoms with Crippen molar-refractivity contribution in [3.8, 4) is 0 Å². The normalized spacial score (nSPS) is 17.6. The fourth-order valence-electron chi connectivity index (χ4n) is 2.83. The number of benzene rings is 1. The fraction of sp³-hybridized carbons (Fsp3) is 0.529. The molecule has 1 fully saturated rings. The number of alkyl halides is 3. The summed E-state index contributed by atoms with van der Waals surface area (Å²) in [7, 11) is 1.18. The number of carbonyl (C=O) groups is 2. The van der Waals surface area contributed by atoms with Crippen LogP contribution in [0.15, 0.2) is 24.3 Å². The number of rotatable bonds is 4. The van der Waals surface area contributed by atoms with Crippen LogP contribution in [0.3, 0.4) is 0 Å². The molecule has 0 aromatic heterocycles. The lowest BCUT2D eigenvalue weighted by Crippen LogP contribution is -2.54. The maximum absolute atomic E-state index is 12.8. The van der Waals surface area contributed by atoms with E-state index in [-0.39, 0.29) is 0 Å². The molecule has 9 heteroatoms. The van der Waals surface area contributed by atoms with Crippen molar-refractivity contribution in [2.24, 2.45) is 0 Å². The Balaban J connectivity index is 1.87. The molecule has 0 saturated carbocycles. The summed E-state index contributed by atoms with van der Waals surface area (Å²) in [5, 5.41) is 2.14. The molecule has 0 spiro atoms. The molecule has 0 unspecified atom stereocenters. The topological polar surface area (TPSA) is 61.9 Å². The van der Waals surface area contributed by atoms with Crippen molar-refractivity contribution in [1.29, 1.82) is 0 Å². The number of amides is 2. The summed E-state index contributed by atoms with van der Waals surface area (Å²) >= 11 is 0. The second kappa shape index (κ2) is 8.50. The maximum Gasteiger partial charge on any atom is 0.416 e. The number of ether oxygens (including phenoxy) is 1. The number of hydrogen-bond donors (Lipinski definition) is 1. The average molecular weight is 373 g/mol. The SMILES string of the molecule is COC(=O)NC(=O)[C@@H](C)N1CCN(Cc2cccc(C(F)(F)F)c2)CC1. The largest absolute Gasteiger partial charge is 0.453 e. The number of nitrogens with zero attached hydrogens (tertiary/aromatic N) is 2. The molecule has 0 radical (unpaired) electrons. The Morgan fingerprint density at radius 1 is 1.23 bits per heavy atom. The quantitative estimate of drug-likeness (QED) is 0.876. The highest BCUT2D eigenvalue weighted by Gasteiger charge is 2.31. The van der Waals surface area contributed by atoms with E-state index in [0.29, 0.717) is 38.3 Å². The third-order valence-corrected chi connectivity index (χ3v) is 4.41. The zero-order valence-corrected chi connectivity index (χ0v) is 14.7. The van der Waals surface area contributed by atoms with E-state index in [1.807, 2.05) is 9.80 Å². The van der Waals surface area contributed by atoms with Crippen molar-refractivity contribution >= 4 is 12.0 Å². The number of methoxy groups -OCH3 is 1. The average Bonchev–Trinajstić information content (AvgIpc) is 2.61. The minimum absolute atomic E-state index is 0.417. The van der Waals surface area contributed by atoms with E-state index < -0.39 is 29.8 Å². The highest BCUT2D eigenvalue weighted by molar-refractivity contribution is 5.94. The molecule has 144 valence electrons. The number of halogens is 3. The van der Waals surface area contributed by atoms with Crippen LogP contribution in [0.1, 0.15) is 18.1 Å². The van der Waals surface area contributed by atoms with Crippen LogP contribution in [0.25, 0.3) is 0 Å². The molecule has 1 aromatic carbocycles. The lowest BCUT2D eigenvalue weighted by atomic mass is 10.1. The Hall–Kier alpha value is -2.13. The first kappa shape index (κ1) is 20.2. The van der Waals surface area contributed by atoms with Crippen molar-refractivity contribution in [3.63, 3.8) is 0 Å². The number of hydrogen-bond acceptors (Lipinski definition) is 5. The molecule has 1 atom stereocenters. The summed E-state index contributed by atoms with van der Waals surface area (Å²) in [5.41, 5.74) is -0.0495. The van der Waals surface area contributed by atoms with Crippen molar-refractivity contribution < 1.29 is 27.5 Å². The van der Waals surface area contributed by atoms with Crippen LogP contribution < -0.4 is 5.32 Å². The van der Waals surface area contributed by atoms with Crippen molar-refractivity contribution in [2.75, 3.05) is 33.3 Å². The van der Waals surface area contributed by atoms with Gasteiger partial charge in [-0.25, -0.2) is 4.79 Å². The summed E-state index contributed by atoms with van der Waals surface area (Å²) < 4.78 is 42.8. The minimum atomic E-state index is -4.35. The van der Waals surface area contributed by atoms with Gasteiger partial charge in [-0.3, -0.25) is 19.9 Å². The third-order valence-electron chi connectivity index (χ3n) is 4.41. The summed E-state index contributed by atoms with van der Waals surface area (Å²) in [6.45, 7) is 4.50. The van der Waals surface area contributed by atoms with Gasteiger partial charge < -0.3 is 4.74 Å². The van der Waals surface area contributed by atoms with Gasteiger partial charge in [0.05, 0.1) is 18.7 Å². The van der Waals surface area contributed by atoms with Crippen molar-refractivity contribution in [3.05, 3.63) is 35.4 Å². The first-order chi connectivity index (χ1) is 12.2. The van der Waals surface area contributed by atoms with E-state index in [2.05, 4.69) is 10.1 Å². The van der Waals surface area contributed by atoms with Gasteiger partial charge in [0.1, 0.15) is 0 Å². The zero-order chi connectivity index (χ0) is 19.3. The summed E-state index contributed by atoms with van der Waals surface area (Å²) in [6.07, 6.45) is -5.15. The van der Waals surface area contributed by atoms with Gasteiger partial charge in [0.15, 0.2) is 0 Å². The van der Waals surface area contributed by atoms with Crippen molar-refractivity contribution in [1.82, 2.24) is 15.1 Å². The molecule has 26 heavy (non-hydrogen) atoms. The van der Waals surface area contributed by atoms with Gasteiger partial charge in [0.25, 0.3) is 0 Å². The van der Waals surface area contributed by atoms with Gasteiger partial charge in [-0.1, -0.05) is 18.2 Å². The monoisotopic (exact) mass is 373 g/mol. The standard InChI is InChI=1S/C17H22F3N3O3/c1-12(15(24)21-16(25)26-2)23-8-6-22(7-9-23)11-13-4-3-5-14(10-13)17(18,19)20/h3-5,10,12H,6-9,11H2,1-2H3,(H,21,24,25)/t12-/m1/s1. The lowest BCUT2D eigenvalue weighted by Gasteiger charge is -2.37. The van der Waals surface area contributed by atoms with Gasteiger partial charge in [0, 0.05) is 32.7 Å². The van der Waals surface area contributed by atoms with Crippen LogP contribution in [0.5, 0.6) is 0 Å². The zero-order valence-electron chi connectivity index (χ0n) is 14.7. The molecular formula is C17H22F3N3O3. The molecule has 0 bridgehead atoms. The number of alkyl carbamates (subject to hydrolysis) is 1. The number of carbonyl (C=O) groups excluding carboxylic acids is 2. The Bertz CT molecular complexity index is 644. The highest BCUT2D eigenvalue weighted by atomic mass is 19.4. The van der Waals surface area contributed by atoms with E-state index in [1.54, 1.807) is 13.0 Å². The Labute approximate surface area is 149 Å². The second-order valence-corrected chi connectivity index (χ2v) is 6.17. The molecule has 1 aliphatic rings. The van der Waals surface area contributed by atoms with Crippen LogP contribution in [0, 0.1) is 0 Å². The van der Waals surface area contributed by atoms with E-state index in [9.17, 15) is 22.8 Å². The minimum Gasteiger partial charge on any atom is -0.453 e. The molecule has 2 amide bonds. The van der Waals surface area contributed by atoms with Gasteiger partial charge >= 0.3 is 12.3 Å². The molecule has 1 N–H and O–H groups in total. The maximum atomic E-state index is 12.8. The van der Waals surface area contributed by atoms with Gasteiger partial charge in [0.2, 0.25) is 5.91 Å². The first-order valence-corrected chi connectivity index (χ1v) is 8.22. The summed E-state index contributed by atoms with van der Waals surface area (Å²) in [4.78, 5) is 27.0. The second-order valence-electron chi connectivity index (χ2n) is 6.17. The molecule has 2 rings (SSSR count). The number of nitrogens with one attached hydrogen (secondary N) is 1. The van der Waals surface area contributed by atoms with Crippen LogP contribution in [0.4, 0.5) is 18.0 Å². The molecule has 1 aliphatic heterocycles. The van der Waals surface area contributed by atoms with E-state index in [0.717, 1.165) is 6.07 Å². The van der Waals surface area contributed by atoms with E-state index in [4.69, 9.17) is 0 Å². The molecule has 1 aromatic rings. The Kier molecular flexibility index (Phi) is 6.60. The molecular weight excluding hydrogens is 351 g/mol. The number of imide groups is 1. The molecule has 1 saturated heterocycles. The van der Waals surface area contributed by atoms with Crippen LogP contribution >= 0.6 is 0 Å². The van der Waals surface area contributed by atoms with Gasteiger partial charge in [-0.2, -0.15) is 13.2 Å². The summed E-state index contributed by atoms with van der Waals surface area (Å²) in [5.74, 6) is -0.442. The van der Waals surface area contributed by atoms with Crippen LogP contribution in [-0.2, 0) is 22.3 Å². The Morgan fingerprint density at radius 2 is 1.88 bits per heavy atom. The predicted molar refractivity (Wildman–Crippen MR) is 88.3 cm³/mol. The van der Waals surface area contributed by atoms with Gasteiger partial charge in [-0.15, -0.1) is 0 Å². The van der Waals surface area contributed by atoms with Crippen LogP contribution in [-0.4, -0.2) is 61.1 Å². The van der Waals surface area contributed by atoms with E-state index >= 15 is 0 Å². The number of piperazine rings is 1. The molecule has 6 nitrogen and oxygen atoms in total. The van der Waals surface area contributed by atoms with E-state index in [1.165, 1.54) is 19.2 Å². The summed E-state index contributed by atoms with van der Waals surface area (Å²) in [6, 6.07) is 4.81. The third kappa shape index (κ3) is 5.43. The van der Waals surface area contributed by atoms with Crippen LogP contribution in [0.2, 0.25) is 0 Å². The first-order valence-electron chi connectivity index (χ1n) is 8.22. The predicted octanol–water partition coefficient (Wildman–Crippen LogP) is 2.09. The lowest BCUT2D eigenvalue weighted by molar-refractivity contribution is -0.137.